The first-order valence-electron chi connectivity index (χ1n) is 5.52. The Kier molecular flexibility index (Phi) is 3.14. The largest absolute Gasteiger partial charge is 0.313 e. The lowest BCUT2D eigenvalue weighted by atomic mass is 10.2. The van der Waals surface area contributed by atoms with Crippen LogP contribution in [0.3, 0.4) is 0 Å². The van der Waals surface area contributed by atoms with Crippen LogP contribution in [-0.2, 0) is 6.42 Å². The third-order valence-electron chi connectivity index (χ3n) is 2.99. The topological polar surface area (TPSA) is 24.9 Å². The lowest BCUT2D eigenvalue weighted by Gasteiger charge is -2.03. The summed E-state index contributed by atoms with van der Waals surface area (Å²) in [5.41, 5.74) is 1.33. The fraction of sp³-hybridized carbons (Fsp3) is 0.583. The summed E-state index contributed by atoms with van der Waals surface area (Å²) in [6, 6.07) is 4.94. The lowest BCUT2D eigenvalue weighted by molar-refractivity contribution is 0.622. The molecule has 0 bridgehead atoms. The van der Waals surface area contributed by atoms with E-state index in [1.807, 2.05) is 18.5 Å². The Morgan fingerprint density at radius 2 is 2.50 bits per heavy atom. The van der Waals surface area contributed by atoms with Crippen LogP contribution in [0, 0.1) is 5.92 Å². The van der Waals surface area contributed by atoms with Gasteiger partial charge in [0.05, 0.1) is 0 Å². The molecule has 0 radical (unpaired) electrons. The maximum absolute atomic E-state index is 4.10. The second-order valence-corrected chi connectivity index (χ2v) is 4.08. The molecule has 1 N–H and O–H groups in total. The third kappa shape index (κ3) is 2.55. The minimum absolute atomic E-state index is 0.802. The van der Waals surface area contributed by atoms with Crippen LogP contribution in [0.5, 0.6) is 0 Å². The first-order valence-corrected chi connectivity index (χ1v) is 5.52. The first kappa shape index (κ1) is 9.66. The van der Waals surface area contributed by atoms with Crippen LogP contribution in [0.1, 0.15) is 25.3 Å². The number of nitrogens with one attached hydrogen (secondary N) is 1. The van der Waals surface area contributed by atoms with E-state index in [0.717, 1.165) is 24.9 Å². The Morgan fingerprint density at radius 1 is 1.57 bits per heavy atom. The van der Waals surface area contributed by atoms with Crippen molar-refractivity contribution in [2.24, 2.45) is 5.92 Å². The van der Waals surface area contributed by atoms with Gasteiger partial charge in [-0.05, 0) is 36.9 Å². The molecule has 1 fully saturated rings. The number of hydrogen-bond acceptors (Lipinski definition) is 2. The Morgan fingerprint density at radius 3 is 3.14 bits per heavy atom. The molecule has 14 heavy (non-hydrogen) atoms. The van der Waals surface area contributed by atoms with E-state index in [-0.39, 0.29) is 0 Å². The van der Waals surface area contributed by atoms with E-state index < -0.39 is 0 Å². The van der Waals surface area contributed by atoms with Crippen molar-refractivity contribution in [2.75, 3.05) is 6.54 Å². The van der Waals surface area contributed by atoms with Crippen LogP contribution < -0.4 is 5.32 Å². The maximum atomic E-state index is 4.10. The highest BCUT2D eigenvalue weighted by molar-refractivity contribution is 5.08. The quantitative estimate of drug-likeness (QED) is 0.768. The standard InChI is InChI=1S/C12H18N2/c1-2-11-8-12(11)14-7-5-10-4-3-6-13-9-10/h3-4,6,9,11-12,14H,2,5,7-8H2,1H3. The highest BCUT2D eigenvalue weighted by Crippen LogP contribution is 2.32. The molecule has 2 nitrogen and oxygen atoms in total. The number of hydrogen-bond donors (Lipinski definition) is 1. The average Bonchev–Trinajstić information content (AvgIpc) is 2.98. The fourth-order valence-electron chi connectivity index (χ4n) is 1.90. The van der Waals surface area contributed by atoms with E-state index in [4.69, 9.17) is 0 Å². The molecule has 2 rings (SSSR count). The van der Waals surface area contributed by atoms with Crippen molar-refractivity contribution in [1.82, 2.24) is 10.3 Å². The molecule has 1 aromatic heterocycles. The predicted octanol–water partition coefficient (Wildman–Crippen LogP) is 2.01. The molecule has 0 amide bonds. The van der Waals surface area contributed by atoms with Gasteiger partial charge in [0.2, 0.25) is 0 Å². The summed E-state index contributed by atoms with van der Waals surface area (Å²) >= 11 is 0. The molecule has 2 atom stereocenters. The van der Waals surface area contributed by atoms with Gasteiger partial charge in [0.15, 0.2) is 0 Å². The molecule has 0 spiro atoms. The number of pyridine rings is 1. The summed E-state index contributed by atoms with van der Waals surface area (Å²) < 4.78 is 0. The summed E-state index contributed by atoms with van der Waals surface area (Å²) in [5.74, 6) is 0.948. The van der Waals surface area contributed by atoms with Gasteiger partial charge in [-0.3, -0.25) is 4.98 Å². The first-order chi connectivity index (χ1) is 6.90. The highest BCUT2D eigenvalue weighted by atomic mass is 15.0. The van der Waals surface area contributed by atoms with E-state index in [9.17, 15) is 0 Å². The molecule has 76 valence electrons. The van der Waals surface area contributed by atoms with Gasteiger partial charge < -0.3 is 5.32 Å². The second-order valence-electron chi connectivity index (χ2n) is 4.08. The number of nitrogens with zero attached hydrogens (tertiary/aromatic N) is 1. The normalized spacial score (nSPS) is 24.9. The Balaban J connectivity index is 1.64. The zero-order chi connectivity index (χ0) is 9.80. The average molecular weight is 190 g/mol. The van der Waals surface area contributed by atoms with Gasteiger partial charge in [-0.25, -0.2) is 0 Å². The zero-order valence-electron chi connectivity index (χ0n) is 8.74. The molecule has 1 aliphatic carbocycles. The molecule has 2 heteroatoms. The molecule has 1 aliphatic rings. The van der Waals surface area contributed by atoms with E-state index >= 15 is 0 Å². The minimum Gasteiger partial charge on any atom is -0.313 e. The zero-order valence-corrected chi connectivity index (χ0v) is 8.74. The van der Waals surface area contributed by atoms with Gasteiger partial charge in [-0.1, -0.05) is 19.4 Å². The predicted molar refractivity (Wildman–Crippen MR) is 58.1 cm³/mol. The van der Waals surface area contributed by atoms with Gasteiger partial charge in [-0.15, -0.1) is 0 Å². The minimum atomic E-state index is 0.802. The highest BCUT2D eigenvalue weighted by Gasteiger charge is 2.34. The summed E-state index contributed by atoms with van der Waals surface area (Å²) in [7, 11) is 0. The van der Waals surface area contributed by atoms with Crippen LogP contribution in [0.4, 0.5) is 0 Å². The molecule has 2 unspecified atom stereocenters. The molecular weight excluding hydrogens is 172 g/mol. The van der Waals surface area contributed by atoms with Gasteiger partial charge >= 0.3 is 0 Å². The molecule has 1 aromatic rings. The van der Waals surface area contributed by atoms with Crippen LogP contribution >= 0.6 is 0 Å². The summed E-state index contributed by atoms with van der Waals surface area (Å²) in [5, 5.41) is 3.58. The van der Waals surface area contributed by atoms with Crippen molar-refractivity contribution in [3.05, 3.63) is 30.1 Å². The van der Waals surface area contributed by atoms with E-state index in [1.165, 1.54) is 18.4 Å². The number of aromatic nitrogens is 1. The van der Waals surface area contributed by atoms with Gasteiger partial charge in [-0.2, -0.15) is 0 Å². The Labute approximate surface area is 85.7 Å². The smallest absolute Gasteiger partial charge is 0.0300 e. The molecule has 0 aromatic carbocycles. The van der Waals surface area contributed by atoms with Gasteiger partial charge in [0.25, 0.3) is 0 Å². The Hall–Kier alpha value is -0.890. The lowest BCUT2D eigenvalue weighted by Crippen LogP contribution is -2.21. The van der Waals surface area contributed by atoms with Gasteiger partial charge in [0, 0.05) is 18.4 Å². The van der Waals surface area contributed by atoms with Crippen molar-refractivity contribution >= 4 is 0 Å². The van der Waals surface area contributed by atoms with Gasteiger partial charge in [0.1, 0.15) is 0 Å². The second kappa shape index (κ2) is 4.56. The van der Waals surface area contributed by atoms with Crippen molar-refractivity contribution in [1.29, 1.82) is 0 Å². The summed E-state index contributed by atoms with van der Waals surface area (Å²) in [6.07, 6.45) is 7.58. The summed E-state index contributed by atoms with van der Waals surface area (Å²) in [4.78, 5) is 4.10. The molecule has 1 saturated carbocycles. The molecule has 1 heterocycles. The Bertz CT molecular complexity index is 271. The van der Waals surface area contributed by atoms with Crippen molar-refractivity contribution in [3.63, 3.8) is 0 Å². The van der Waals surface area contributed by atoms with Crippen LogP contribution in [-0.4, -0.2) is 17.6 Å². The van der Waals surface area contributed by atoms with Crippen LogP contribution in [0.2, 0.25) is 0 Å². The van der Waals surface area contributed by atoms with E-state index in [0.29, 0.717) is 0 Å². The molecule has 0 saturated heterocycles. The molecular formula is C12H18N2. The fourth-order valence-corrected chi connectivity index (χ4v) is 1.90. The molecule has 0 aliphatic heterocycles. The maximum Gasteiger partial charge on any atom is 0.0300 e. The van der Waals surface area contributed by atoms with E-state index in [2.05, 4.69) is 23.3 Å². The van der Waals surface area contributed by atoms with Crippen molar-refractivity contribution < 1.29 is 0 Å². The van der Waals surface area contributed by atoms with Crippen molar-refractivity contribution in [3.8, 4) is 0 Å². The summed E-state index contributed by atoms with van der Waals surface area (Å²) in [6.45, 7) is 3.36. The van der Waals surface area contributed by atoms with Crippen LogP contribution in [0.15, 0.2) is 24.5 Å². The number of rotatable bonds is 5. The monoisotopic (exact) mass is 190 g/mol. The third-order valence-corrected chi connectivity index (χ3v) is 2.99. The SMILES string of the molecule is CCC1CC1NCCc1cccnc1. The van der Waals surface area contributed by atoms with Crippen LogP contribution in [0.25, 0.3) is 0 Å². The van der Waals surface area contributed by atoms with Crippen molar-refractivity contribution in [2.45, 2.75) is 32.2 Å². The van der Waals surface area contributed by atoms with E-state index in [1.54, 1.807) is 0 Å².